The van der Waals surface area contributed by atoms with Gasteiger partial charge in [0.05, 0.1) is 6.10 Å². The summed E-state index contributed by atoms with van der Waals surface area (Å²) in [6.07, 6.45) is 3.76. The highest BCUT2D eigenvalue weighted by atomic mass is 35.5. The van der Waals surface area contributed by atoms with E-state index >= 15 is 0 Å². The van der Waals surface area contributed by atoms with Crippen LogP contribution in [0.1, 0.15) is 33.6 Å². The van der Waals surface area contributed by atoms with Crippen LogP contribution in [0.5, 0.6) is 5.88 Å². The maximum Gasteiger partial charge on any atom is 0.218 e. The summed E-state index contributed by atoms with van der Waals surface area (Å²) < 4.78 is 5.52. The molecule has 0 bridgehead atoms. The number of rotatable bonds is 8. The number of nitrogens with one attached hydrogen (secondary N) is 1. The van der Waals surface area contributed by atoms with Gasteiger partial charge in [-0.2, -0.15) is 0 Å². The van der Waals surface area contributed by atoms with Crippen molar-refractivity contribution in [2.45, 2.75) is 39.7 Å². The molecule has 0 saturated carbocycles. The van der Waals surface area contributed by atoms with Gasteiger partial charge in [0.1, 0.15) is 12.1 Å². The number of anilines is 1. The maximum absolute atomic E-state index is 5.77. The smallest absolute Gasteiger partial charge is 0.218 e. The molecule has 1 aromatic heterocycles. The fourth-order valence-electron chi connectivity index (χ4n) is 1.60. The first-order chi connectivity index (χ1) is 8.65. The average Bonchev–Trinajstić information content (AvgIpc) is 2.34. The van der Waals surface area contributed by atoms with Gasteiger partial charge in [-0.05, 0) is 26.2 Å². The predicted molar refractivity (Wildman–Crippen MR) is 75.4 cm³/mol. The second-order valence-corrected chi connectivity index (χ2v) is 4.92. The van der Waals surface area contributed by atoms with Crippen LogP contribution in [0.3, 0.4) is 0 Å². The number of hydrogen-bond acceptors (Lipinski definition) is 4. The van der Waals surface area contributed by atoms with Crippen LogP contribution in [0.2, 0.25) is 0 Å². The molecular weight excluding hydrogens is 250 g/mol. The molecule has 0 aliphatic rings. The van der Waals surface area contributed by atoms with Crippen molar-refractivity contribution in [2.24, 2.45) is 5.92 Å². The molecule has 18 heavy (non-hydrogen) atoms. The summed E-state index contributed by atoms with van der Waals surface area (Å²) in [6.45, 7) is 7.00. The highest BCUT2D eigenvalue weighted by Crippen LogP contribution is 2.15. The van der Waals surface area contributed by atoms with Crippen LogP contribution in [-0.4, -0.2) is 28.5 Å². The van der Waals surface area contributed by atoms with E-state index in [9.17, 15) is 0 Å². The summed E-state index contributed by atoms with van der Waals surface area (Å²) in [4.78, 5) is 8.25. The molecule has 0 aliphatic heterocycles. The Balaban J connectivity index is 2.51. The predicted octanol–water partition coefficient (Wildman–Crippen LogP) is 3.33. The van der Waals surface area contributed by atoms with Crippen LogP contribution in [0.15, 0.2) is 12.4 Å². The molecule has 0 fully saturated rings. The van der Waals surface area contributed by atoms with E-state index in [1.54, 1.807) is 0 Å². The standard InChI is InChI=1S/C13H22ClN3O/c1-4-11(5-6-14)8-15-12-7-13(17-9-16-12)18-10(2)3/h7,9-11H,4-6,8H2,1-3H3,(H,15,16,17). The van der Waals surface area contributed by atoms with Gasteiger partial charge in [0.25, 0.3) is 0 Å². The number of aromatic nitrogens is 2. The first-order valence-corrected chi connectivity index (χ1v) is 6.97. The van der Waals surface area contributed by atoms with Crippen molar-refractivity contribution < 1.29 is 4.74 Å². The van der Waals surface area contributed by atoms with Gasteiger partial charge in [-0.15, -0.1) is 11.6 Å². The van der Waals surface area contributed by atoms with E-state index in [-0.39, 0.29) is 6.10 Å². The van der Waals surface area contributed by atoms with Crippen molar-refractivity contribution in [3.63, 3.8) is 0 Å². The minimum Gasteiger partial charge on any atom is -0.475 e. The lowest BCUT2D eigenvalue weighted by Crippen LogP contribution is -2.15. The average molecular weight is 272 g/mol. The zero-order valence-electron chi connectivity index (χ0n) is 11.3. The second-order valence-electron chi connectivity index (χ2n) is 4.54. The monoisotopic (exact) mass is 271 g/mol. The van der Waals surface area contributed by atoms with E-state index in [0.29, 0.717) is 17.7 Å². The Morgan fingerprint density at radius 1 is 1.39 bits per heavy atom. The van der Waals surface area contributed by atoms with Crippen LogP contribution < -0.4 is 10.1 Å². The fourth-order valence-corrected chi connectivity index (χ4v) is 1.90. The van der Waals surface area contributed by atoms with Gasteiger partial charge < -0.3 is 10.1 Å². The summed E-state index contributed by atoms with van der Waals surface area (Å²) in [6, 6.07) is 1.83. The van der Waals surface area contributed by atoms with Gasteiger partial charge in [-0.3, -0.25) is 0 Å². The molecule has 102 valence electrons. The molecule has 1 aromatic rings. The van der Waals surface area contributed by atoms with Gasteiger partial charge in [-0.25, -0.2) is 9.97 Å². The molecule has 0 radical (unpaired) electrons. The van der Waals surface area contributed by atoms with Crippen LogP contribution in [0.4, 0.5) is 5.82 Å². The molecule has 1 rings (SSSR count). The molecule has 5 heteroatoms. The van der Waals surface area contributed by atoms with Gasteiger partial charge in [-0.1, -0.05) is 13.3 Å². The summed E-state index contributed by atoms with van der Waals surface area (Å²) in [5, 5.41) is 3.30. The Labute approximate surface area is 114 Å². The lowest BCUT2D eigenvalue weighted by molar-refractivity contribution is 0.232. The second kappa shape index (κ2) is 8.14. The molecule has 0 amide bonds. The van der Waals surface area contributed by atoms with Crippen molar-refractivity contribution in [2.75, 3.05) is 17.7 Å². The summed E-state index contributed by atoms with van der Waals surface area (Å²) >= 11 is 5.77. The first-order valence-electron chi connectivity index (χ1n) is 6.44. The van der Waals surface area contributed by atoms with E-state index < -0.39 is 0 Å². The zero-order chi connectivity index (χ0) is 13.4. The molecule has 1 unspecified atom stereocenters. The normalized spacial score (nSPS) is 12.5. The van der Waals surface area contributed by atoms with E-state index in [2.05, 4.69) is 22.2 Å². The third kappa shape index (κ3) is 5.54. The fraction of sp³-hybridized carbons (Fsp3) is 0.692. The number of halogens is 1. The topological polar surface area (TPSA) is 47.0 Å². The first kappa shape index (κ1) is 15.0. The van der Waals surface area contributed by atoms with Gasteiger partial charge in [0.15, 0.2) is 0 Å². The summed E-state index contributed by atoms with van der Waals surface area (Å²) in [7, 11) is 0. The van der Waals surface area contributed by atoms with E-state index in [1.165, 1.54) is 6.33 Å². The Morgan fingerprint density at radius 3 is 2.78 bits per heavy atom. The van der Waals surface area contributed by atoms with Crippen LogP contribution in [0.25, 0.3) is 0 Å². The van der Waals surface area contributed by atoms with Gasteiger partial charge in [0, 0.05) is 18.5 Å². The molecule has 0 spiro atoms. The minimum atomic E-state index is 0.118. The van der Waals surface area contributed by atoms with Crippen molar-refractivity contribution in [1.29, 1.82) is 0 Å². The summed E-state index contributed by atoms with van der Waals surface area (Å²) in [5.41, 5.74) is 0. The lowest BCUT2D eigenvalue weighted by Gasteiger charge is -2.15. The van der Waals surface area contributed by atoms with Crippen molar-refractivity contribution in [3.8, 4) is 5.88 Å². The maximum atomic E-state index is 5.77. The number of ether oxygens (including phenoxy) is 1. The third-order valence-corrected chi connectivity index (χ3v) is 2.88. The quantitative estimate of drug-likeness (QED) is 0.737. The molecule has 0 aliphatic carbocycles. The largest absolute Gasteiger partial charge is 0.475 e. The van der Waals surface area contributed by atoms with E-state index in [1.807, 2.05) is 19.9 Å². The third-order valence-electron chi connectivity index (χ3n) is 2.67. The van der Waals surface area contributed by atoms with E-state index in [4.69, 9.17) is 16.3 Å². The molecule has 1 atom stereocenters. The van der Waals surface area contributed by atoms with Crippen LogP contribution >= 0.6 is 11.6 Å². The van der Waals surface area contributed by atoms with Crippen molar-refractivity contribution in [1.82, 2.24) is 9.97 Å². The SMILES string of the molecule is CCC(CCCl)CNc1cc(OC(C)C)ncn1. The van der Waals surface area contributed by atoms with Crippen LogP contribution in [-0.2, 0) is 0 Å². The van der Waals surface area contributed by atoms with Crippen molar-refractivity contribution >= 4 is 17.4 Å². The molecule has 4 nitrogen and oxygen atoms in total. The number of hydrogen-bond donors (Lipinski definition) is 1. The molecule has 1 N–H and O–H groups in total. The molecule has 1 heterocycles. The Bertz CT molecular complexity index is 347. The zero-order valence-corrected chi connectivity index (χ0v) is 12.1. The Kier molecular flexibility index (Phi) is 6.80. The minimum absolute atomic E-state index is 0.118. The number of nitrogens with zero attached hydrogens (tertiary/aromatic N) is 2. The molecular formula is C13H22ClN3O. The number of alkyl halides is 1. The highest BCUT2D eigenvalue weighted by molar-refractivity contribution is 6.17. The summed E-state index contributed by atoms with van der Waals surface area (Å²) in [5.74, 6) is 2.68. The molecule has 0 saturated heterocycles. The Morgan fingerprint density at radius 2 is 2.17 bits per heavy atom. The van der Waals surface area contributed by atoms with Gasteiger partial charge in [0.2, 0.25) is 5.88 Å². The Hall–Kier alpha value is -1.03. The van der Waals surface area contributed by atoms with Gasteiger partial charge >= 0.3 is 0 Å². The highest BCUT2D eigenvalue weighted by Gasteiger charge is 2.07. The molecule has 0 aromatic carbocycles. The lowest BCUT2D eigenvalue weighted by atomic mass is 10.0. The van der Waals surface area contributed by atoms with Crippen molar-refractivity contribution in [3.05, 3.63) is 12.4 Å². The van der Waals surface area contributed by atoms with Crippen LogP contribution in [0, 0.1) is 5.92 Å². The van der Waals surface area contributed by atoms with E-state index in [0.717, 1.165) is 25.2 Å².